The standard InChI is InChI=1S/C13H14N4O3/c1-19-10-5-3-4-9(8-10)15-12(18)16-11-6-7-14-13(17-11)20-2/h3-8H,1-2H3,(H2,14,15,16,17,18). The van der Waals surface area contributed by atoms with Gasteiger partial charge < -0.3 is 14.8 Å². The summed E-state index contributed by atoms with van der Waals surface area (Å²) >= 11 is 0. The summed E-state index contributed by atoms with van der Waals surface area (Å²) < 4.78 is 9.95. The third-order valence-electron chi connectivity index (χ3n) is 2.39. The van der Waals surface area contributed by atoms with Gasteiger partial charge in [-0.25, -0.2) is 9.78 Å². The molecule has 7 nitrogen and oxygen atoms in total. The normalized spacial score (nSPS) is 9.70. The number of amides is 2. The van der Waals surface area contributed by atoms with E-state index in [0.29, 0.717) is 17.3 Å². The van der Waals surface area contributed by atoms with Crippen LogP contribution in [0.4, 0.5) is 16.3 Å². The van der Waals surface area contributed by atoms with Crippen LogP contribution in [0.5, 0.6) is 11.8 Å². The zero-order valence-electron chi connectivity index (χ0n) is 11.1. The largest absolute Gasteiger partial charge is 0.497 e. The van der Waals surface area contributed by atoms with Crippen molar-refractivity contribution in [2.75, 3.05) is 24.9 Å². The average Bonchev–Trinajstić information content (AvgIpc) is 2.47. The highest BCUT2D eigenvalue weighted by Gasteiger charge is 2.05. The highest BCUT2D eigenvalue weighted by atomic mass is 16.5. The highest BCUT2D eigenvalue weighted by Crippen LogP contribution is 2.17. The van der Waals surface area contributed by atoms with E-state index in [-0.39, 0.29) is 6.01 Å². The first-order valence-corrected chi connectivity index (χ1v) is 5.80. The third-order valence-corrected chi connectivity index (χ3v) is 2.39. The molecule has 7 heteroatoms. The summed E-state index contributed by atoms with van der Waals surface area (Å²) in [6.07, 6.45) is 1.49. The van der Waals surface area contributed by atoms with Gasteiger partial charge in [0.1, 0.15) is 11.6 Å². The minimum absolute atomic E-state index is 0.184. The summed E-state index contributed by atoms with van der Waals surface area (Å²) in [5.41, 5.74) is 0.614. The number of benzene rings is 1. The molecule has 2 amide bonds. The number of anilines is 2. The smallest absolute Gasteiger partial charge is 0.324 e. The Morgan fingerprint density at radius 2 is 2.00 bits per heavy atom. The second kappa shape index (κ2) is 6.37. The highest BCUT2D eigenvalue weighted by molar-refractivity contribution is 5.99. The lowest BCUT2D eigenvalue weighted by molar-refractivity contribution is 0.262. The van der Waals surface area contributed by atoms with E-state index in [1.54, 1.807) is 37.4 Å². The molecule has 0 atom stereocenters. The van der Waals surface area contributed by atoms with Crippen LogP contribution in [-0.4, -0.2) is 30.2 Å². The molecule has 0 bridgehead atoms. The van der Waals surface area contributed by atoms with Gasteiger partial charge >= 0.3 is 12.0 Å². The van der Waals surface area contributed by atoms with Gasteiger partial charge in [0.15, 0.2) is 0 Å². The van der Waals surface area contributed by atoms with Gasteiger partial charge in [-0.1, -0.05) is 6.07 Å². The number of hydrogen-bond donors (Lipinski definition) is 2. The van der Waals surface area contributed by atoms with E-state index in [0.717, 1.165) is 0 Å². The summed E-state index contributed by atoms with van der Waals surface area (Å²) in [4.78, 5) is 19.6. The third kappa shape index (κ3) is 3.58. The number of nitrogens with zero attached hydrogens (tertiary/aromatic N) is 2. The summed E-state index contributed by atoms with van der Waals surface area (Å²) in [5.74, 6) is 1.00. The number of carbonyl (C=O) groups excluding carboxylic acids is 1. The van der Waals surface area contributed by atoms with Crippen LogP contribution in [0.25, 0.3) is 0 Å². The van der Waals surface area contributed by atoms with Crippen LogP contribution >= 0.6 is 0 Å². The summed E-state index contributed by atoms with van der Waals surface area (Å²) in [6, 6.07) is 8.36. The molecule has 104 valence electrons. The molecule has 0 spiro atoms. The number of carbonyl (C=O) groups is 1. The van der Waals surface area contributed by atoms with Crippen molar-refractivity contribution in [1.82, 2.24) is 9.97 Å². The van der Waals surface area contributed by atoms with E-state index in [1.807, 2.05) is 0 Å². The predicted molar refractivity (Wildman–Crippen MR) is 74.2 cm³/mol. The number of ether oxygens (including phenoxy) is 2. The lowest BCUT2D eigenvalue weighted by Crippen LogP contribution is -2.20. The summed E-state index contributed by atoms with van der Waals surface area (Å²) in [6.45, 7) is 0. The summed E-state index contributed by atoms with van der Waals surface area (Å²) in [5, 5.41) is 5.25. The molecule has 0 fully saturated rings. The van der Waals surface area contributed by atoms with E-state index >= 15 is 0 Å². The van der Waals surface area contributed by atoms with Crippen LogP contribution in [0.3, 0.4) is 0 Å². The molecule has 0 aliphatic rings. The minimum Gasteiger partial charge on any atom is -0.497 e. The van der Waals surface area contributed by atoms with Crippen molar-refractivity contribution < 1.29 is 14.3 Å². The molecule has 20 heavy (non-hydrogen) atoms. The Bertz CT molecular complexity index is 552. The molecule has 0 saturated carbocycles. The van der Waals surface area contributed by atoms with E-state index in [9.17, 15) is 4.79 Å². The Labute approximate surface area is 116 Å². The fourth-order valence-corrected chi connectivity index (χ4v) is 1.49. The van der Waals surface area contributed by atoms with Gasteiger partial charge in [-0.15, -0.1) is 0 Å². The molecule has 0 unspecified atom stereocenters. The zero-order valence-corrected chi connectivity index (χ0v) is 11.1. The van der Waals surface area contributed by atoms with Crippen LogP contribution in [0.2, 0.25) is 0 Å². The maximum absolute atomic E-state index is 11.8. The van der Waals surface area contributed by atoms with Crippen molar-refractivity contribution in [3.05, 3.63) is 36.5 Å². The minimum atomic E-state index is -0.418. The van der Waals surface area contributed by atoms with Gasteiger partial charge in [0.2, 0.25) is 0 Å². The van der Waals surface area contributed by atoms with Crippen LogP contribution in [0.1, 0.15) is 0 Å². The van der Waals surface area contributed by atoms with E-state index in [1.165, 1.54) is 13.3 Å². The Morgan fingerprint density at radius 1 is 1.15 bits per heavy atom. The van der Waals surface area contributed by atoms with Crippen LogP contribution in [0.15, 0.2) is 36.5 Å². The first kappa shape index (κ1) is 13.6. The Hall–Kier alpha value is -2.83. The summed E-state index contributed by atoms with van der Waals surface area (Å²) in [7, 11) is 3.02. The lowest BCUT2D eigenvalue weighted by atomic mass is 10.3. The molecule has 2 N–H and O–H groups in total. The SMILES string of the molecule is COc1cccc(NC(=O)Nc2ccnc(OC)n2)c1. The van der Waals surface area contributed by atoms with E-state index in [4.69, 9.17) is 9.47 Å². The van der Waals surface area contributed by atoms with Gasteiger partial charge in [-0.05, 0) is 18.2 Å². The average molecular weight is 274 g/mol. The molecule has 1 aromatic carbocycles. The number of nitrogens with one attached hydrogen (secondary N) is 2. The van der Waals surface area contributed by atoms with Crippen molar-refractivity contribution in [2.45, 2.75) is 0 Å². The second-order valence-corrected chi connectivity index (χ2v) is 3.74. The van der Waals surface area contributed by atoms with Crippen molar-refractivity contribution in [1.29, 1.82) is 0 Å². The van der Waals surface area contributed by atoms with Crippen molar-refractivity contribution in [2.24, 2.45) is 0 Å². The van der Waals surface area contributed by atoms with Gasteiger partial charge in [0.05, 0.1) is 14.2 Å². The van der Waals surface area contributed by atoms with Crippen molar-refractivity contribution in [3.63, 3.8) is 0 Å². The fourth-order valence-electron chi connectivity index (χ4n) is 1.49. The number of methoxy groups -OCH3 is 2. The van der Waals surface area contributed by atoms with Gasteiger partial charge in [0.25, 0.3) is 0 Å². The van der Waals surface area contributed by atoms with Crippen molar-refractivity contribution >= 4 is 17.5 Å². The molecule has 2 aromatic rings. The number of rotatable bonds is 4. The first-order valence-electron chi connectivity index (χ1n) is 5.80. The Balaban J connectivity index is 2.01. The topological polar surface area (TPSA) is 85.4 Å². The number of hydrogen-bond acceptors (Lipinski definition) is 5. The number of urea groups is 1. The van der Waals surface area contributed by atoms with E-state index in [2.05, 4.69) is 20.6 Å². The molecule has 0 saturated heterocycles. The second-order valence-electron chi connectivity index (χ2n) is 3.74. The van der Waals surface area contributed by atoms with Gasteiger partial charge in [-0.2, -0.15) is 4.98 Å². The lowest BCUT2D eigenvalue weighted by Gasteiger charge is -2.08. The zero-order chi connectivity index (χ0) is 14.4. The molecule has 1 heterocycles. The monoisotopic (exact) mass is 274 g/mol. The maximum atomic E-state index is 11.8. The van der Waals surface area contributed by atoms with Crippen LogP contribution in [0, 0.1) is 0 Å². The molecule has 0 aliphatic carbocycles. The first-order chi connectivity index (χ1) is 9.71. The van der Waals surface area contributed by atoms with Gasteiger partial charge in [-0.3, -0.25) is 5.32 Å². The quantitative estimate of drug-likeness (QED) is 0.892. The Kier molecular flexibility index (Phi) is 4.33. The van der Waals surface area contributed by atoms with Crippen LogP contribution < -0.4 is 20.1 Å². The maximum Gasteiger partial charge on any atom is 0.324 e. The van der Waals surface area contributed by atoms with Gasteiger partial charge in [0, 0.05) is 18.0 Å². The van der Waals surface area contributed by atoms with E-state index < -0.39 is 6.03 Å². The molecular weight excluding hydrogens is 260 g/mol. The molecular formula is C13H14N4O3. The van der Waals surface area contributed by atoms with Crippen LogP contribution in [-0.2, 0) is 0 Å². The molecule has 1 aromatic heterocycles. The predicted octanol–water partition coefficient (Wildman–Crippen LogP) is 2.14. The van der Waals surface area contributed by atoms with Crippen molar-refractivity contribution in [3.8, 4) is 11.8 Å². The number of aromatic nitrogens is 2. The molecule has 0 aliphatic heterocycles. The fraction of sp³-hybridized carbons (Fsp3) is 0.154. The molecule has 2 rings (SSSR count). The Morgan fingerprint density at radius 3 is 2.75 bits per heavy atom. The molecule has 0 radical (unpaired) electrons.